The Balaban J connectivity index is 1.80. The summed E-state index contributed by atoms with van der Waals surface area (Å²) in [5.74, 6) is -1.58. The number of methoxy groups -OCH3 is 1. The van der Waals surface area contributed by atoms with Crippen LogP contribution in [-0.4, -0.2) is 51.0 Å². The molecule has 3 aromatic rings. The third-order valence-electron chi connectivity index (χ3n) is 6.27. The minimum Gasteiger partial charge on any atom is -0.465 e. The number of unbranched alkanes of at least 4 members (excludes halogenated alkanes) is 1. The van der Waals surface area contributed by atoms with Gasteiger partial charge < -0.3 is 10.1 Å². The molecule has 1 N–H and O–H groups in total. The van der Waals surface area contributed by atoms with Gasteiger partial charge in [-0.2, -0.15) is 0 Å². The standard InChI is InChI=1S/C28H29N3O5S/c1-4-5-17-31(2)37(34,35)22-15-16-24-23(18-22)25(27(32)30-24)26(19-9-7-6-8-10-19)29-21-13-11-20(12-14-21)28(33)36-3/h6-16,18,25H,4-5,17H2,1-3H3,(H,30,32). The van der Waals surface area contributed by atoms with E-state index >= 15 is 0 Å². The second-order valence-electron chi connectivity index (χ2n) is 8.75. The molecule has 0 saturated heterocycles. The third-order valence-corrected chi connectivity index (χ3v) is 8.12. The molecule has 0 fully saturated rings. The smallest absolute Gasteiger partial charge is 0.337 e. The number of carbonyl (C=O) groups excluding carboxylic acids is 2. The zero-order valence-electron chi connectivity index (χ0n) is 21.0. The minimum absolute atomic E-state index is 0.126. The molecule has 1 aliphatic rings. The van der Waals surface area contributed by atoms with Crippen molar-refractivity contribution >= 4 is 39.0 Å². The maximum absolute atomic E-state index is 13.2. The molecule has 1 aliphatic heterocycles. The summed E-state index contributed by atoms with van der Waals surface area (Å²) in [4.78, 5) is 30.0. The Morgan fingerprint density at radius 2 is 1.73 bits per heavy atom. The molecule has 1 amide bonds. The summed E-state index contributed by atoms with van der Waals surface area (Å²) in [7, 11) is -0.851. The lowest BCUT2D eigenvalue weighted by Gasteiger charge is -2.18. The fourth-order valence-electron chi connectivity index (χ4n) is 4.19. The molecular weight excluding hydrogens is 490 g/mol. The number of rotatable bonds is 9. The molecule has 4 rings (SSSR count). The van der Waals surface area contributed by atoms with Crippen molar-refractivity contribution in [3.05, 3.63) is 89.5 Å². The summed E-state index contributed by atoms with van der Waals surface area (Å²) in [6.45, 7) is 2.42. The first-order valence-electron chi connectivity index (χ1n) is 12.0. The number of fused-ring (bicyclic) bond motifs is 1. The van der Waals surface area contributed by atoms with Crippen LogP contribution >= 0.6 is 0 Å². The molecule has 0 aliphatic carbocycles. The molecule has 0 spiro atoms. The second-order valence-corrected chi connectivity index (χ2v) is 10.8. The van der Waals surface area contributed by atoms with Crippen LogP contribution < -0.4 is 5.32 Å². The molecule has 192 valence electrons. The van der Waals surface area contributed by atoms with E-state index in [0.29, 0.717) is 34.8 Å². The quantitative estimate of drug-likeness (QED) is 0.324. The molecule has 3 aromatic carbocycles. The van der Waals surface area contributed by atoms with E-state index < -0.39 is 21.9 Å². The Morgan fingerprint density at radius 1 is 1.03 bits per heavy atom. The van der Waals surface area contributed by atoms with Crippen molar-refractivity contribution in [2.45, 2.75) is 30.6 Å². The normalized spacial score (nSPS) is 15.4. The van der Waals surface area contributed by atoms with E-state index in [1.807, 2.05) is 37.3 Å². The third kappa shape index (κ3) is 5.47. The van der Waals surface area contributed by atoms with Crippen LogP contribution in [0.1, 0.15) is 47.2 Å². The number of sulfonamides is 1. The number of hydrogen-bond acceptors (Lipinski definition) is 6. The Bertz CT molecular complexity index is 1430. The number of carbonyl (C=O) groups is 2. The summed E-state index contributed by atoms with van der Waals surface area (Å²) in [6, 6.07) is 20.5. The summed E-state index contributed by atoms with van der Waals surface area (Å²) in [5.41, 5.74) is 3.21. The van der Waals surface area contributed by atoms with E-state index in [4.69, 9.17) is 9.73 Å². The summed E-state index contributed by atoms with van der Waals surface area (Å²) >= 11 is 0. The number of esters is 1. The predicted molar refractivity (Wildman–Crippen MR) is 143 cm³/mol. The highest BCUT2D eigenvalue weighted by atomic mass is 32.2. The molecular formula is C28H29N3O5S. The highest BCUT2D eigenvalue weighted by Crippen LogP contribution is 2.38. The Morgan fingerprint density at radius 3 is 2.38 bits per heavy atom. The minimum atomic E-state index is -3.73. The largest absolute Gasteiger partial charge is 0.465 e. The number of ether oxygens (including phenoxy) is 1. The lowest BCUT2D eigenvalue weighted by Crippen LogP contribution is -2.28. The van der Waals surface area contributed by atoms with E-state index in [9.17, 15) is 18.0 Å². The topological polar surface area (TPSA) is 105 Å². The molecule has 0 aromatic heterocycles. The van der Waals surface area contributed by atoms with Crippen LogP contribution in [0.2, 0.25) is 0 Å². The predicted octanol–water partition coefficient (Wildman–Crippen LogP) is 4.75. The van der Waals surface area contributed by atoms with Crippen LogP contribution in [0.5, 0.6) is 0 Å². The molecule has 8 nitrogen and oxygen atoms in total. The van der Waals surface area contributed by atoms with Gasteiger partial charge in [-0.1, -0.05) is 43.7 Å². The van der Waals surface area contributed by atoms with Gasteiger partial charge in [-0.05, 0) is 60.0 Å². The molecule has 1 atom stereocenters. The van der Waals surface area contributed by atoms with Crippen LogP contribution in [0.4, 0.5) is 11.4 Å². The zero-order chi connectivity index (χ0) is 26.6. The maximum Gasteiger partial charge on any atom is 0.337 e. The molecule has 0 saturated carbocycles. The lowest BCUT2D eigenvalue weighted by molar-refractivity contribution is -0.115. The van der Waals surface area contributed by atoms with Gasteiger partial charge in [0, 0.05) is 19.3 Å². The van der Waals surface area contributed by atoms with Gasteiger partial charge in [0.2, 0.25) is 15.9 Å². The van der Waals surface area contributed by atoms with Crippen molar-refractivity contribution < 1.29 is 22.7 Å². The van der Waals surface area contributed by atoms with Gasteiger partial charge in [0.05, 0.1) is 29.0 Å². The molecule has 0 radical (unpaired) electrons. The molecule has 1 unspecified atom stereocenters. The van der Waals surface area contributed by atoms with Gasteiger partial charge >= 0.3 is 5.97 Å². The molecule has 1 heterocycles. The van der Waals surface area contributed by atoms with Crippen LogP contribution in [0.3, 0.4) is 0 Å². The van der Waals surface area contributed by atoms with E-state index in [0.717, 1.165) is 18.4 Å². The van der Waals surface area contributed by atoms with Crippen molar-refractivity contribution in [3.8, 4) is 0 Å². The van der Waals surface area contributed by atoms with Crippen LogP contribution in [0.15, 0.2) is 82.7 Å². The molecule has 0 bridgehead atoms. The maximum atomic E-state index is 13.2. The SMILES string of the molecule is CCCCN(C)S(=O)(=O)c1ccc2c(c1)C(C(=Nc1ccc(C(=O)OC)cc1)c1ccccc1)C(=O)N2. The van der Waals surface area contributed by atoms with Crippen LogP contribution in [-0.2, 0) is 19.6 Å². The van der Waals surface area contributed by atoms with Gasteiger partial charge in [0.15, 0.2) is 0 Å². The first-order chi connectivity index (χ1) is 17.8. The highest BCUT2D eigenvalue weighted by molar-refractivity contribution is 7.89. The first-order valence-corrected chi connectivity index (χ1v) is 13.4. The zero-order valence-corrected chi connectivity index (χ0v) is 21.8. The Hall–Kier alpha value is -3.82. The fraction of sp³-hybridized carbons (Fsp3) is 0.250. The van der Waals surface area contributed by atoms with E-state index in [2.05, 4.69) is 5.32 Å². The van der Waals surface area contributed by atoms with Gasteiger partial charge in [-0.25, -0.2) is 17.5 Å². The molecule has 37 heavy (non-hydrogen) atoms. The average molecular weight is 520 g/mol. The van der Waals surface area contributed by atoms with Crippen LogP contribution in [0, 0.1) is 0 Å². The van der Waals surface area contributed by atoms with Crippen molar-refractivity contribution in [1.82, 2.24) is 4.31 Å². The van der Waals surface area contributed by atoms with Gasteiger partial charge in [0.25, 0.3) is 0 Å². The van der Waals surface area contributed by atoms with Crippen molar-refractivity contribution in [1.29, 1.82) is 0 Å². The van der Waals surface area contributed by atoms with Gasteiger partial charge in [0.1, 0.15) is 5.92 Å². The number of benzene rings is 3. The fourth-order valence-corrected chi connectivity index (χ4v) is 5.43. The van der Waals surface area contributed by atoms with Gasteiger partial charge in [-0.15, -0.1) is 0 Å². The van der Waals surface area contributed by atoms with Crippen LogP contribution in [0.25, 0.3) is 0 Å². The number of aliphatic imine (C=N–C) groups is 1. The van der Waals surface area contributed by atoms with E-state index in [1.165, 1.54) is 17.5 Å². The van der Waals surface area contributed by atoms with Crippen molar-refractivity contribution in [2.75, 3.05) is 26.0 Å². The first kappa shape index (κ1) is 26.2. The summed E-state index contributed by atoms with van der Waals surface area (Å²) in [6.07, 6.45) is 1.63. The molecule has 9 heteroatoms. The second kappa shape index (κ2) is 11.1. The number of nitrogens with one attached hydrogen (secondary N) is 1. The monoisotopic (exact) mass is 519 g/mol. The number of amides is 1. The summed E-state index contributed by atoms with van der Waals surface area (Å²) in [5, 5.41) is 2.87. The highest BCUT2D eigenvalue weighted by Gasteiger charge is 2.37. The van der Waals surface area contributed by atoms with Crippen molar-refractivity contribution in [2.24, 2.45) is 4.99 Å². The van der Waals surface area contributed by atoms with E-state index in [-0.39, 0.29) is 10.8 Å². The lowest BCUT2D eigenvalue weighted by atomic mass is 9.90. The average Bonchev–Trinajstić information content (AvgIpc) is 3.25. The number of nitrogens with zero attached hydrogens (tertiary/aromatic N) is 2. The van der Waals surface area contributed by atoms with Crippen molar-refractivity contribution in [3.63, 3.8) is 0 Å². The Labute approximate surface area is 217 Å². The van der Waals surface area contributed by atoms with Gasteiger partial charge in [-0.3, -0.25) is 9.79 Å². The number of hydrogen-bond donors (Lipinski definition) is 1. The number of anilines is 1. The van der Waals surface area contributed by atoms with E-state index in [1.54, 1.807) is 43.4 Å². The summed E-state index contributed by atoms with van der Waals surface area (Å²) < 4.78 is 32.5. The Kier molecular flexibility index (Phi) is 7.85.